The second-order valence-corrected chi connectivity index (χ2v) is 15.0. The summed E-state index contributed by atoms with van der Waals surface area (Å²) in [6, 6.07) is 0.714. The predicted octanol–water partition coefficient (Wildman–Crippen LogP) is 0.146. The second kappa shape index (κ2) is 7.46. The molecule has 152 valence electrons. The second-order valence-electron chi connectivity index (χ2n) is 10.9. The van der Waals surface area contributed by atoms with E-state index in [1.165, 1.54) is 78.0 Å². The summed E-state index contributed by atoms with van der Waals surface area (Å²) in [6.07, 6.45) is 7.46. The van der Waals surface area contributed by atoms with Gasteiger partial charge >= 0.3 is 148 Å². The molecule has 26 heavy (non-hydrogen) atoms. The Hall–Kier alpha value is 0.610. The molecule has 3 nitrogen and oxygen atoms in total. The summed E-state index contributed by atoms with van der Waals surface area (Å²) in [6.45, 7) is 20.4. The maximum atomic E-state index is 2.84. The van der Waals surface area contributed by atoms with Crippen molar-refractivity contribution in [3.8, 4) is 0 Å². The van der Waals surface area contributed by atoms with Crippen LogP contribution >= 0.6 is 0 Å². The number of likely N-dealkylation sites (tertiary alicyclic amines) is 1. The van der Waals surface area contributed by atoms with Gasteiger partial charge in [0.15, 0.2) is 0 Å². The first-order valence-corrected chi connectivity index (χ1v) is 13.7. The molecule has 0 amide bonds. The van der Waals surface area contributed by atoms with Gasteiger partial charge in [0.1, 0.15) is 0 Å². The Morgan fingerprint density at radius 2 is 1.38 bits per heavy atom. The third-order valence-electron chi connectivity index (χ3n) is 7.66. The van der Waals surface area contributed by atoms with Gasteiger partial charge in [-0.3, -0.25) is 4.90 Å². The van der Waals surface area contributed by atoms with E-state index >= 15 is 0 Å². The molecule has 1 aliphatic carbocycles. The Kier molecular flexibility index (Phi) is 5.71. The Balaban J connectivity index is 1.20. The van der Waals surface area contributed by atoms with Gasteiger partial charge < -0.3 is 0 Å². The maximum absolute atomic E-state index is 2.84. The van der Waals surface area contributed by atoms with Gasteiger partial charge in [0.05, 0.1) is 0 Å². The fourth-order valence-electron chi connectivity index (χ4n) is 5.42. The van der Waals surface area contributed by atoms with E-state index < -0.39 is 0 Å². The number of hydrogen-bond acceptors (Lipinski definition) is 3. The minimum atomic E-state index is 0.557. The molecule has 0 aromatic rings. The number of hydrogen-bond donors (Lipinski definition) is 0. The standard InChI is InChI=1S/C22H41IN3/c1-19(2)26-13-11-25(12-14-26)17-20(3)7-9-24(10-8-20)18-22(5-6-22)15-21(4)16-23-21/h19H,5-18H2,1-4H3/q-1. The summed E-state index contributed by atoms with van der Waals surface area (Å²) in [7, 11) is 0. The SMILES string of the molecule is CC(C)N1CCN(CC2(C)CCN(CC3(CC4(C)C[I-]4)CC3)CC2)CC1. The van der Waals surface area contributed by atoms with Gasteiger partial charge in [-0.2, -0.15) is 0 Å². The van der Waals surface area contributed by atoms with Gasteiger partial charge in [-0.05, 0) is 13.8 Å². The van der Waals surface area contributed by atoms with E-state index in [1.807, 2.05) is 0 Å². The first-order chi connectivity index (χ1) is 12.3. The van der Waals surface area contributed by atoms with E-state index in [0.717, 1.165) is 8.84 Å². The summed E-state index contributed by atoms with van der Waals surface area (Å²) in [5.74, 6) is 0. The zero-order chi connectivity index (χ0) is 18.4. The third kappa shape index (κ3) is 4.96. The molecule has 4 heteroatoms. The molecule has 0 bridgehead atoms. The molecule has 3 aliphatic heterocycles. The molecule has 4 fully saturated rings. The van der Waals surface area contributed by atoms with Crippen molar-refractivity contribution >= 4 is 0 Å². The summed E-state index contributed by atoms with van der Waals surface area (Å²) in [4.78, 5) is 8.24. The van der Waals surface area contributed by atoms with E-state index in [2.05, 4.69) is 42.4 Å². The van der Waals surface area contributed by atoms with Crippen molar-refractivity contribution in [3.05, 3.63) is 0 Å². The van der Waals surface area contributed by atoms with Crippen LogP contribution in [-0.2, 0) is 0 Å². The van der Waals surface area contributed by atoms with E-state index in [0.29, 0.717) is 32.7 Å². The fourth-order valence-corrected chi connectivity index (χ4v) is 7.42. The Bertz CT molecular complexity index is 482. The topological polar surface area (TPSA) is 9.72 Å². The van der Waals surface area contributed by atoms with E-state index in [1.54, 1.807) is 10.8 Å². The molecule has 4 aliphatic rings. The zero-order valence-electron chi connectivity index (χ0n) is 17.7. The van der Waals surface area contributed by atoms with Crippen molar-refractivity contribution in [1.82, 2.24) is 14.7 Å². The van der Waals surface area contributed by atoms with Crippen LogP contribution in [0.3, 0.4) is 0 Å². The summed E-state index contributed by atoms with van der Waals surface area (Å²) in [5.41, 5.74) is 1.31. The van der Waals surface area contributed by atoms with Gasteiger partial charge in [0.25, 0.3) is 0 Å². The number of piperidine rings is 1. The summed E-state index contributed by atoms with van der Waals surface area (Å²) in [5, 5.41) is 0. The van der Waals surface area contributed by atoms with Crippen molar-refractivity contribution in [3.63, 3.8) is 0 Å². The molecule has 1 atom stereocenters. The normalized spacial score (nSPS) is 35.3. The fraction of sp³-hybridized carbons (Fsp3) is 1.00. The zero-order valence-corrected chi connectivity index (χ0v) is 19.9. The van der Waals surface area contributed by atoms with E-state index in [-0.39, 0.29) is 0 Å². The first-order valence-electron chi connectivity index (χ1n) is 11.1. The van der Waals surface area contributed by atoms with Crippen LogP contribution in [-0.4, -0.2) is 80.9 Å². The van der Waals surface area contributed by atoms with Crippen LogP contribution in [0.4, 0.5) is 0 Å². The molecule has 0 aromatic carbocycles. The molecule has 0 N–H and O–H groups in total. The number of nitrogens with zero attached hydrogens (tertiary/aromatic N) is 3. The summed E-state index contributed by atoms with van der Waals surface area (Å²) >= 11 is 0.578. The number of halogens is 1. The predicted molar refractivity (Wildman–Crippen MR) is 106 cm³/mol. The van der Waals surface area contributed by atoms with Crippen LogP contribution in [0.5, 0.6) is 0 Å². The Morgan fingerprint density at radius 1 is 0.808 bits per heavy atom. The monoisotopic (exact) mass is 474 g/mol. The molecule has 0 radical (unpaired) electrons. The molecular weight excluding hydrogens is 433 g/mol. The van der Waals surface area contributed by atoms with Crippen LogP contribution in [0, 0.1) is 10.8 Å². The van der Waals surface area contributed by atoms with Crippen LogP contribution in [0.1, 0.15) is 59.8 Å². The molecule has 1 saturated carbocycles. The van der Waals surface area contributed by atoms with Crippen LogP contribution in [0.25, 0.3) is 0 Å². The average molecular weight is 474 g/mol. The van der Waals surface area contributed by atoms with Crippen molar-refractivity contribution in [2.24, 2.45) is 10.8 Å². The van der Waals surface area contributed by atoms with Crippen LogP contribution in [0.15, 0.2) is 0 Å². The molecule has 3 heterocycles. The number of rotatable bonds is 7. The first kappa shape index (κ1) is 19.9. The van der Waals surface area contributed by atoms with Crippen molar-refractivity contribution in [2.75, 3.05) is 56.8 Å². The van der Waals surface area contributed by atoms with Crippen molar-refractivity contribution in [1.29, 1.82) is 0 Å². The van der Waals surface area contributed by atoms with Gasteiger partial charge in [0.2, 0.25) is 0 Å². The van der Waals surface area contributed by atoms with Gasteiger partial charge in [-0.1, -0.05) is 0 Å². The average Bonchev–Trinajstić information content (AvgIpc) is 3.51. The molecule has 0 aromatic heterocycles. The van der Waals surface area contributed by atoms with E-state index in [4.69, 9.17) is 0 Å². The Morgan fingerprint density at radius 3 is 1.88 bits per heavy atom. The Labute approximate surface area is 172 Å². The number of piperazine rings is 1. The van der Waals surface area contributed by atoms with Crippen molar-refractivity contribution in [2.45, 2.75) is 69.3 Å². The van der Waals surface area contributed by atoms with Crippen molar-refractivity contribution < 1.29 is 21.2 Å². The van der Waals surface area contributed by atoms with Crippen LogP contribution in [0.2, 0.25) is 0 Å². The third-order valence-corrected chi connectivity index (χ3v) is 11.4. The van der Waals surface area contributed by atoms with Gasteiger partial charge in [-0.25, -0.2) is 0 Å². The molecular formula is C22H41IN3-. The van der Waals surface area contributed by atoms with Gasteiger partial charge in [0, 0.05) is 6.04 Å². The molecule has 0 spiro atoms. The van der Waals surface area contributed by atoms with Gasteiger partial charge in [-0.15, -0.1) is 0 Å². The number of alkyl halides is 2. The molecule has 4 rings (SSSR count). The van der Waals surface area contributed by atoms with E-state index in [9.17, 15) is 0 Å². The minimum absolute atomic E-state index is 0.557. The summed E-state index contributed by atoms with van der Waals surface area (Å²) < 4.78 is 2.45. The molecule has 3 saturated heterocycles. The molecule has 1 unspecified atom stereocenters. The van der Waals surface area contributed by atoms with Crippen LogP contribution < -0.4 is 21.2 Å². The quantitative estimate of drug-likeness (QED) is 0.384.